The van der Waals surface area contributed by atoms with Gasteiger partial charge in [-0.05, 0) is 19.8 Å². The molecule has 0 aromatic carbocycles. The van der Waals surface area contributed by atoms with Crippen molar-refractivity contribution in [1.29, 1.82) is 0 Å². The molecular formula is C13H19ClF3N3. The molecule has 0 amide bonds. The van der Waals surface area contributed by atoms with Gasteiger partial charge < -0.3 is 5.32 Å². The lowest BCUT2D eigenvalue weighted by atomic mass is 10.2. The Hall–Kier alpha value is -1.04. The highest BCUT2D eigenvalue weighted by Crippen LogP contribution is 2.24. The van der Waals surface area contributed by atoms with E-state index >= 15 is 0 Å². The fourth-order valence-electron chi connectivity index (χ4n) is 1.59. The van der Waals surface area contributed by atoms with Gasteiger partial charge in [-0.25, -0.2) is 9.97 Å². The van der Waals surface area contributed by atoms with Crippen molar-refractivity contribution < 1.29 is 13.2 Å². The van der Waals surface area contributed by atoms with Crippen LogP contribution in [0.5, 0.6) is 0 Å². The van der Waals surface area contributed by atoms with Gasteiger partial charge >= 0.3 is 6.18 Å². The molecule has 0 saturated carbocycles. The van der Waals surface area contributed by atoms with E-state index in [0.717, 1.165) is 0 Å². The van der Waals surface area contributed by atoms with Gasteiger partial charge in [0.05, 0.1) is 0 Å². The Morgan fingerprint density at radius 3 is 2.40 bits per heavy atom. The lowest BCUT2D eigenvalue weighted by Crippen LogP contribution is -2.11. The van der Waals surface area contributed by atoms with Crippen LogP contribution in [0.25, 0.3) is 0 Å². The monoisotopic (exact) mass is 309 g/mol. The minimum atomic E-state index is -4.08. The van der Waals surface area contributed by atoms with Gasteiger partial charge in [-0.15, -0.1) is 0 Å². The summed E-state index contributed by atoms with van der Waals surface area (Å²) in [5, 5.41) is 3.41. The van der Waals surface area contributed by atoms with Crippen LogP contribution in [0.2, 0.25) is 5.15 Å². The number of alkyl halides is 3. The molecule has 0 radical (unpaired) electrons. The van der Waals surface area contributed by atoms with Crippen LogP contribution in [0.1, 0.15) is 50.4 Å². The summed E-state index contributed by atoms with van der Waals surface area (Å²) in [5.41, 5.74) is 0.715. The van der Waals surface area contributed by atoms with Crippen molar-refractivity contribution in [3.63, 3.8) is 0 Å². The first-order valence-corrected chi connectivity index (χ1v) is 6.93. The molecule has 0 aliphatic heterocycles. The molecule has 0 aliphatic carbocycles. The third-order valence-electron chi connectivity index (χ3n) is 2.80. The van der Waals surface area contributed by atoms with E-state index in [1.807, 2.05) is 13.8 Å². The number of nitrogens with one attached hydrogen (secondary N) is 1. The fourth-order valence-corrected chi connectivity index (χ4v) is 1.77. The van der Waals surface area contributed by atoms with Crippen LogP contribution in [0.3, 0.4) is 0 Å². The molecule has 20 heavy (non-hydrogen) atoms. The molecule has 3 nitrogen and oxygen atoms in total. The first-order valence-electron chi connectivity index (χ1n) is 6.55. The SMILES string of the molecule is Cc1c(Cl)nc(C(C)C)nc1NCCCCC(F)(F)F. The van der Waals surface area contributed by atoms with Crippen molar-refractivity contribution in [2.24, 2.45) is 0 Å². The van der Waals surface area contributed by atoms with Gasteiger partial charge in [0, 0.05) is 24.4 Å². The largest absolute Gasteiger partial charge is 0.389 e. The Kier molecular flexibility index (Phi) is 6.05. The van der Waals surface area contributed by atoms with Crippen molar-refractivity contribution in [1.82, 2.24) is 9.97 Å². The molecule has 0 saturated heterocycles. The summed E-state index contributed by atoms with van der Waals surface area (Å²) in [7, 11) is 0. The molecule has 0 atom stereocenters. The van der Waals surface area contributed by atoms with E-state index in [2.05, 4.69) is 15.3 Å². The predicted octanol–water partition coefficient (Wildman–Crippen LogP) is 4.71. The molecule has 1 aromatic heterocycles. The van der Waals surface area contributed by atoms with Gasteiger partial charge in [-0.2, -0.15) is 13.2 Å². The maximum Gasteiger partial charge on any atom is 0.389 e. The quantitative estimate of drug-likeness (QED) is 0.611. The van der Waals surface area contributed by atoms with Crippen LogP contribution in [0, 0.1) is 6.92 Å². The molecule has 114 valence electrons. The molecule has 0 fully saturated rings. The number of nitrogens with zero attached hydrogens (tertiary/aromatic N) is 2. The summed E-state index contributed by atoms with van der Waals surface area (Å²) >= 11 is 6.02. The summed E-state index contributed by atoms with van der Waals surface area (Å²) < 4.78 is 36.0. The van der Waals surface area contributed by atoms with E-state index in [1.165, 1.54) is 0 Å². The first-order chi connectivity index (χ1) is 9.20. The van der Waals surface area contributed by atoms with E-state index in [1.54, 1.807) is 6.92 Å². The highest BCUT2D eigenvalue weighted by Gasteiger charge is 2.25. The van der Waals surface area contributed by atoms with E-state index in [0.29, 0.717) is 35.3 Å². The van der Waals surface area contributed by atoms with E-state index < -0.39 is 12.6 Å². The van der Waals surface area contributed by atoms with Gasteiger partial charge in [0.15, 0.2) is 0 Å². The molecule has 0 aliphatic rings. The van der Waals surface area contributed by atoms with Crippen molar-refractivity contribution in [3.05, 3.63) is 16.5 Å². The second-order valence-electron chi connectivity index (χ2n) is 5.00. The zero-order valence-electron chi connectivity index (χ0n) is 11.8. The summed E-state index contributed by atoms with van der Waals surface area (Å²) in [5.74, 6) is 1.36. The maximum atomic E-state index is 12.0. The van der Waals surface area contributed by atoms with Crippen LogP contribution >= 0.6 is 11.6 Å². The standard InChI is InChI=1S/C13H19ClF3N3/c1-8(2)11-19-10(14)9(3)12(20-11)18-7-5-4-6-13(15,16)17/h8H,4-7H2,1-3H3,(H,18,19,20). The molecule has 1 N–H and O–H groups in total. The average molecular weight is 310 g/mol. The predicted molar refractivity (Wildman–Crippen MR) is 74.3 cm³/mol. The van der Waals surface area contributed by atoms with Gasteiger partial charge in [-0.3, -0.25) is 0 Å². The van der Waals surface area contributed by atoms with Gasteiger partial charge in [-0.1, -0.05) is 25.4 Å². The zero-order chi connectivity index (χ0) is 15.3. The Bertz CT molecular complexity index is 447. The second-order valence-corrected chi connectivity index (χ2v) is 5.36. The Balaban J connectivity index is 2.55. The first kappa shape index (κ1) is 17.0. The number of unbranched alkanes of at least 4 members (excludes halogenated alkanes) is 1. The summed E-state index contributed by atoms with van der Waals surface area (Å²) in [6, 6.07) is 0. The molecule has 1 aromatic rings. The highest BCUT2D eigenvalue weighted by atomic mass is 35.5. The minimum absolute atomic E-state index is 0.103. The van der Waals surface area contributed by atoms with E-state index in [4.69, 9.17) is 11.6 Å². The number of rotatable bonds is 6. The Morgan fingerprint density at radius 1 is 1.20 bits per heavy atom. The second kappa shape index (κ2) is 7.11. The lowest BCUT2D eigenvalue weighted by molar-refractivity contribution is -0.135. The lowest BCUT2D eigenvalue weighted by Gasteiger charge is -2.13. The van der Waals surface area contributed by atoms with Crippen molar-refractivity contribution in [2.45, 2.75) is 52.1 Å². The Morgan fingerprint density at radius 2 is 1.85 bits per heavy atom. The van der Waals surface area contributed by atoms with Crippen LogP contribution in [0.4, 0.5) is 19.0 Å². The molecule has 0 unspecified atom stereocenters. The van der Waals surface area contributed by atoms with Crippen LogP contribution < -0.4 is 5.32 Å². The number of anilines is 1. The minimum Gasteiger partial charge on any atom is -0.370 e. The van der Waals surface area contributed by atoms with Crippen molar-refractivity contribution >= 4 is 17.4 Å². The third kappa shape index (κ3) is 5.53. The van der Waals surface area contributed by atoms with Gasteiger partial charge in [0.2, 0.25) is 0 Å². The molecule has 0 spiro atoms. The van der Waals surface area contributed by atoms with Crippen molar-refractivity contribution in [3.8, 4) is 0 Å². The molecule has 1 heterocycles. The van der Waals surface area contributed by atoms with Gasteiger partial charge in [0.1, 0.15) is 16.8 Å². The number of halogens is 4. The van der Waals surface area contributed by atoms with Crippen molar-refractivity contribution in [2.75, 3.05) is 11.9 Å². The summed E-state index contributed by atoms with van der Waals surface area (Å²) in [4.78, 5) is 8.53. The highest BCUT2D eigenvalue weighted by molar-refractivity contribution is 6.30. The molecule has 7 heteroatoms. The number of hydrogen-bond acceptors (Lipinski definition) is 3. The maximum absolute atomic E-state index is 12.0. The fraction of sp³-hybridized carbons (Fsp3) is 0.692. The van der Waals surface area contributed by atoms with Crippen LogP contribution in [-0.2, 0) is 0 Å². The van der Waals surface area contributed by atoms with Crippen LogP contribution in [-0.4, -0.2) is 22.7 Å². The number of aromatic nitrogens is 2. The van der Waals surface area contributed by atoms with E-state index in [9.17, 15) is 13.2 Å². The summed E-state index contributed by atoms with van der Waals surface area (Å²) in [6.45, 7) is 6.12. The van der Waals surface area contributed by atoms with Gasteiger partial charge in [0.25, 0.3) is 0 Å². The Labute approximate surface area is 122 Å². The summed E-state index contributed by atoms with van der Waals surface area (Å²) in [6.07, 6.45) is -4.31. The third-order valence-corrected chi connectivity index (χ3v) is 3.17. The van der Waals surface area contributed by atoms with E-state index in [-0.39, 0.29) is 12.3 Å². The smallest absolute Gasteiger partial charge is 0.370 e. The molecule has 0 bridgehead atoms. The normalized spacial score (nSPS) is 12.0. The topological polar surface area (TPSA) is 37.8 Å². The number of hydrogen-bond donors (Lipinski definition) is 1. The van der Waals surface area contributed by atoms with Crippen LogP contribution in [0.15, 0.2) is 0 Å². The average Bonchev–Trinajstić information content (AvgIpc) is 2.32. The zero-order valence-corrected chi connectivity index (χ0v) is 12.6. The molecular weight excluding hydrogens is 291 g/mol. The molecule has 1 rings (SSSR count).